The fourth-order valence-corrected chi connectivity index (χ4v) is 2.82. The van der Waals surface area contributed by atoms with Crippen molar-refractivity contribution in [3.8, 4) is 0 Å². The standard InChI is InChI=1S/C16H19N3O2/c1-18(11-15(20)19-9-2-3-10-19)16(21)13-5-4-6-14-12(13)7-8-17-14/h4-8,17H,2-3,9-11H2,1H3. The molecular weight excluding hydrogens is 266 g/mol. The zero-order valence-electron chi connectivity index (χ0n) is 12.1. The maximum atomic E-state index is 12.5. The van der Waals surface area contributed by atoms with Crippen molar-refractivity contribution in [3.63, 3.8) is 0 Å². The van der Waals surface area contributed by atoms with E-state index < -0.39 is 0 Å². The molecule has 1 aromatic carbocycles. The van der Waals surface area contributed by atoms with E-state index in [1.807, 2.05) is 29.3 Å². The average Bonchev–Trinajstić information content (AvgIpc) is 3.16. The minimum atomic E-state index is -0.118. The van der Waals surface area contributed by atoms with Gasteiger partial charge in [0, 0.05) is 42.8 Å². The summed E-state index contributed by atoms with van der Waals surface area (Å²) in [5.74, 6) is -0.0858. The number of nitrogens with zero attached hydrogens (tertiary/aromatic N) is 2. The molecule has 1 N–H and O–H groups in total. The number of hydrogen-bond donors (Lipinski definition) is 1. The first kappa shape index (κ1) is 13.7. The minimum absolute atomic E-state index is 0.0320. The molecule has 2 aromatic rings. The molecule has 1 aliphatic heterocycles. The third kappa shape index (κ3) is 2.63. The zero-order valence-corrected chi connectivity index (χ0v) is 12.1. The van der Waals surface area contributed by atoms with Crippen LogP contribution in [0.15, 0.2) is 30.5 Å². The molecule has 2 heterocycles. The smallest absolute Gasteiger partial charge is 0.254 e. The lowest BCUT2D eigenvalue weighted by molar-refractivity contribution is -0.130. The lowest BCUT2D eigenvalue weighted by Crippen LogP contribution is -2.39. The Morgan fingerprint density at radius 2 is 2.00 bits per heavy atom. The minimum Gasteiger partial charge on any atom is -0.361 e. The molecule has 0 spiro atoms. The van der Waals surface area contributed by atoms with Crippen molar-refractivity contribution in [1.82, 2.24) is 14.8 Å². The van der Waals surface area contributed by atoms with Crippen molar-refractivity contribution in [1.29, 1.82) is 0 Å². The number of fused-ring (bicyclic) bond motifs is 1. The first-order valence-electron chi connectivity index (χ1n) is 7.26. The fraction of sp³-hybridized carbons (Fsp3) is 0.375. The number of carbonyl (C=O) groups excluding carboxylic acids is 2. The van der Waals surface area contributed by atoms with Gasteiger partial charge >= 0.3 is 0 Å². The molecule has 1 aliphatic rings. The summed E-state index contributed by atoms with van der Waals surface area (Å²) < 4.78 is 0. The van der Waals surface area contributed by atoms with Gasteiger partial charge in [0.25, 0.3) is 5.91 Å². The molecule has 2 amide bonds. The number of H-pyrrole nitrogens is 1. The Labute approximate surface area is 123 Å². The molecule has 1 aromatic heterocycles. The summed E-state index contributed by atoms with van der Waals surface area (Å²) in [5, 5.41) is 0.892. The lowest BCUT2D eigenvalue weighted by Gasteiger charge is -2.21. The molecule has 0 unspecified atom stereocenters. The van der Waals surface area contributed by atoms with Crippen LogP contribution in [0.4, 0.5) is 0 Å². The topological polar surface area (TPSA) is 56.4 Å². The largest absolute Gasteiger partial charge is 0.361 e. The molecule has 0 aliphatic carbocycles. The highest BCUT2D eigenvalue weighted by Gasteiger charge is 2.22. The van der Waals surface area contributed by atoms with E-state index in [9.17, 15) is 9.59 Å². The van der Waals surface area contributed by atoms with E-state index >= 15 is 0 Å². The molecular formula is C16H19N3O2. The Balaban J connectivity index is 1.75. The highest BCUT2D eigenvalue weighted by molar-refractivity contribution is 6.07. The number of amides is 2. The van der Waals surface area contributed by atoms with E-state index in [0.717, 1.165) is 36.8 Å². The van der Waals surface area contributed by atoms with Crippen molar-refractivity contribution >= 4 is 22.7 Å². The third-order valence-electron chi connectivity index (χ3n) is 4.00. The maximum Gasteiger partial charge on any atom is 0.254 e. The first-order chi connectivity index (χ1) is 10.2. The zero-order chi connectivity index (χ0) is 14.8. The van der Waals surface area contributed by atoms with Crippen molar-refractivity contribution < 1.29 is 9.59 Å². The van der Waals surface area contributed by atoms with E-state index in [1.165, 1.54) is 4.90 Å². The quantitative estimate of drug-likeness (QED) is 0.936. The molecule has 1 saturated heterocycles. The van der Waals surface area contributed by atoms with Crippen molar-refractivity contribution in [2.24, 2.45) is 0 Å². The monoisotopic (exact) mass is 285 g/mol. The van der Waals surface area contributed by atoms with Crippen molar-refractivity contribution in [2.75, 3.05) is 26.7 Å². The predicted octanol–water partition coefficient (Wildman–Crippen LogP) is 1.86. The van der Waals surface area contributed by atoms with E-state index in [4.69, 9.17) is 0 Å². The van der Waals surface area contributed by atoms with Crippen molar-refractivity contribution in [3.05, 3.63) is 36.0 Å². The van der Waals surface area contributed by atoms with Gasteiger partial charge in [-0.15, -0.1) is 0 Å². The van der Waals surface area contributed by atoms with E-state index in [1.54, 1.807) is 13.1 Å². The summed E-state index contributed by atoms with van der Waals surface area (Å²) in [4.78, 5) is 31.1. The Morgan fingerprint density at radius 1 is 1.24 bits per heavy atom. The normalized spacial score (nSPS) is 14.6. The first-order valence-corrected chi connectivity index (χ1v) is 7.26. The second kappa shape index (κ2) is 5.60. The second-order valence-electron chi connectivity index (χ2n) is 5.49. The van der Waals surface area contributed by atoms with Crippen LogP contribution in [0.5, 0.6) is 0 Å². The van der Waals surface area contributed by atoms with Gasteiger partial charge in [0.1, 0.15) is 0 Å². The van der Waals surface area contributed by atoms with E-state index in [2.05, 4.69) is 4.98 Å². The number of likely N-dealkylation sites (tertiary alicyclic amines) is 1. The molecule has 0 atom stereocenters. The van der Waals surface area contributed by atoms with Gasteiger partial charge in [0.15, 0.2) is 0 Å². The Morgan fingerprint density at radius 3 is 2.76 bits per heavy atom. The van der Waals surface area contributed by atoms with Crippen LogP contribution in [-0.4, -0.2) is 53.3 Å². The highest BCUT2D eigenvalue weighted by Crippen LogP contribution is 2.19. The Bertz CT molecular complexity index is 671. The molecule has 21 heavy (non-hydrogen) atoms. The van der Waals surface area contributed by atoms with Crippen LogP contribution in [0.2, 0.25) is 0 Å². The summed E-state index contributed by atoms with van der Waals surface area (Å²) in [5.41, 5.74) is 1.56. The van der Waals surface area contributed by atoms with Gasteiger partial charge in [-0.2, -0.15) is 0 Å². The summed E-state index contributed by atoms with van der Waals surface area (Å²) >= 11 is 0. The van der Waals surface area contributed by atoms with Gasteiger partial charge in [-0.1, -0.05) is 6.07 Å². The number of likely N-dealkylation sites (N-methyl/N-ethyl adjacent to an activating group) is 1. The van der Waals surface area contributed by atoms with E-state index in [-0.39, 0.29) is 18.4 Å². The number of rotatable bonds is 3. The van der Waals surface area contributed by atoms with Crippen LogP contribution < -0.4 is 0 Å². The van der Waals surface area contributed by atoms with Gasteiger partial charge in [-0.25, -0.2) is 0 Å². The molecule has 5 heteroatoms. The van der Waals surface area contributed by atoms with Gasteiger partial charge in [-0.05, 0) is 31.0 Å². The van der Waals surface area contributed by atoms with Crippen molar-refractivity contribution in [2.45, 2.75) is 12.8 Å². The van der Waals surface area contributed by atoms with Crippen LogP contribution in [-0.2, 0) is 4.79 Å². The number of carbonyl (C=O) groups is 2. The van der Waals surface area contributed by atoms with E-state index in [0.29, 0.717) is 5.56 Å². The van der Waals surface area contributed by atoms with Gasteiger partial charge in [-0.3, -0.25) is 9.59 Å². The molecule has 0 radical (unpaired) electrons. The summed E-state index contributed by atoms with van der Waals surface area (Å²) in [6, 6.07) is 7.47. The Kier molecular flexibility index (Phi) is 3.64. The third-order valence-corrected chi connectivity index (χ3v) is 4.00. The Hall–Kier alpha value is -2.30. The molecule has 0 saturated carbocycles. The number of aromatic nitrogens is 1. The van der Waals surface area contributed by atoms with Crippen LogP contribution in [0.3, 0.4) is 0 Å². The SMILES string of the molecule is CN(CC(=O)N1CCCC1)C(=O)c1cccc2[nH]ccc12. The molecule has 5 nitrogen and oxygen atoms in total. The predicted molar refractivity (Wildman–Crippen MR) is 81.1 cm³/mol. The molecule has 110 valence electrons. The highest BCUT2D eigenvalue weighted by atomic mass is 16.2. The number of benzene rings is 1. The number of aromatic amines is 1. The summed E-state index contributed by atoms with van der Waals surface area (Å²) in [6.07, 6.45) is 3.94. The average molecular weight is 285 g/mol. The summed E-state index contributed by atoms with van der Waals surface area (Å²) in [6.45, 7) is 1.77. The second-order valence-corrected chi connectivity index (χ2v) is 5.49. The number of hydrogen-bond acceptors (Lipinski definition) is 2. The fourth-order valence-electron chi connectivity index (χ4n) is 2.82. The van der Waals surface area contributed by atoms with Crippen LogP contribution >= 0.6 is 0 Å². The van der Waals surface area contributed by atoms with Gasteiger partial charge in [0.05, 0.1) is 6.54 Å². The number of nitrogens with one attached hydrogen (secondary N) is 1. The van der Waals surface area contributed by atoms with Crippen LogP contribution in [0.25, 0.3) is 10.9 Å². The molecule has 3 rings (SSSR count). The van der Waals surface area contributed by atoms with Gasteiger partial charge in [0.2, 0.25) is 5.91 Å². The molecule has 0 bridgehead atoms. The van der Waals surface area contributed by atoms with Crippen LogP contribution in [0.1, 0.15) is 23.2 Å². The lowest BCUT2D eigenvalue weighted by atomic mass is 10.1. The maximum absolute atomic E-state index is 12.5. The molecule has 1 fully saturated rings. The van der Waals surface area contributed by atoms with Crippen LogP contribution in [0, 0.1) is 0 Å². The van der Waals surface area contributed by atoms with Gasteiger partial charge < -0.3 is 14.8 Å². The summed E-state index contributed by atoms with van der Waals surface area (Å²) in [7, 11) is 1.68.